The standard InChI is InChI=1S/C16H24F2N2O2S/c1-20(2)16(12-6-4-3-5-7-12)11-19-23(21,22)15-9-13(17)8-14(18)10-15/h8-10,12,16,19H,3-7,11H2,1-2H3. The molecular formula is C16H24F2N2O2S. The summed E-state index contributed by atoms with van der Waals surface area (Å²) >= 11 is 0. The number of halogens is 2. The number of likely N-dealkylation sites (N-methyl/N-ethyl adjacent to an activating group) is 1. The number of hydrogen-bond donors (Lipinski definition) is 1. The fourth-order valence-corrected chi connectivity index (χ4v) is 4.34. The topological polar surface area (TPSA) is 49.4 Å². The van der Waals surface area contributed by atoms with Crippen molar-refractivity contribution >= 4 is 10.0 Å². The van der Waals surface area contributed by atoms with E-state index in [0.717, 1.165) is 37.8 Å². The first kappa shape index (κ1) is 18.3. The van der Waals surface area contributed by atoms with E-state index in [1.807, 2.05) is 19.0 Å². The zero-order valence-electron chi connectivity index (χ0n) is 13.6. The van der Waals surface area contributed by atoms with Gasteiger partial charge in [0.15, 0.2) is 0 Å². The smallest absolute Gasteiger partial charge is 0.240 e. The number of hydrogen-bond acceptors (Lipinski definition) is 3. The highest BCUT2D eigenvalue weighted by atomic mass is 32.2. The normalized spacial score (nSPS) is 18.3. The van der Waals surface area contributed by atoms with Crippen LogP contribution in [0.5, 0.6) is 0 Å². The van der Waals surface area contributed by atoms with E-state index in [-0.39, 0.29) is 17.5 Å². The molecule has 0 aromatic heterocycles. The molecule has 1 unspecified atom stereocenters. The maximum Gasteiger partial charge on any atom is 0.240 e. The van der Waals surface area contributed by atoms with Crippen molar-refractivity contribution in [2.45, 2.75) is 43.0 Å². The molecule has 1 saturated carbocycles. The van der Waals surface area contributed by atoms with Gasteiger partial charge in [-0.25, -0.2) is 21.9 Å². The summed E-state index contributed by atoms with van der Waals surface area (Å²) in [4.78, 5) is 1.64. The molecule has 0 amide bonds. The summed E-state index contributed by atoms with van der Waals surface area (Å²) in [6.45, 7) is 0.234. The highest BCUT2D eigenvalue weighted by Gasteiger charge is 2.27. The van der Waals surface area contributed by atoms with Crippen LogP contribution < -0.4 is 4.72 Å². The molecule has 1 aliphatic carbocycles. The third-order valence-electron chi connectivity index (χ3n) is 4.49. The summed E-state index contributed by atoms with van der Waals surface area (Å²) in [6.07, 6.45) is 5.72. The van der Waals surface area contributed by atoms with E-state index < -0.39 is 21.7 Å². The molecule has 1 fully saturated rings. The molecule has 23 heavy (non-hydrogen) atoms. The van der Waals surface area contributed by atoms with Gasteiger partial charge >= 0.3 is 0 Å². The van der Waals surface area contributed by atoms with Gasteiger partial charge in [0, 0.05) is 18.7 Å². The van der Waals surface area contributed by atoms with Crippen LogP contribution in [-0.4, -0.2) is 40.0 Å². The minimum atomic E-state index is -3.93. The second kappa shape index (κ2) is 7.68. The Hall–Kier alpha value is -1.05. The SMILES string of the molecule is CN(C)C(CNS(=O)(=O)c1cc(F)cc(F)c1)C1CCCCC1. The maximum absolute atomic E-state index is 13.2. The van der Waals surface area contributed by atoms with E-state index in [1.54, 1.807) is 0 Å². The van der Waals surface area contributed by atoms with Crippen LogP contribution in [0.4, 0.5) is 8.78 Å². The van der Waals surface area contributed by atoms with Crippen molar-refractivity contribution in [2.24, 2.45) is 5.92 Å². The fraction of sp³-hybridized carbons (Fsp3) is 0.625. The van der Waals surface area contributed by atoms with Crippen molar-refractivity contribution < 1.29 is 17.2 Å². The van der Waals surface area contributed by atoms with Crippen molar-refractivity contribution in [1.29, 1.82) is 0 Å². The molecule has 0 saturated heterocycles. The maximum atomic E-state index is 13.2. The Kier molecular flexibility index (Phi) is 6.11. The Morgan fingerprint density at radius 3 is 2.22 bits per heavy atom. The molecule has 7 heteroatoms. The number of nitrogens with one attached hydrogen (secondary N) is 1. The van der Waals surface area contributed by atoms with Gasteiger partial charge < -0.3 is 4.90 Å². The van der Waals surface area contributed by atoms with Crippen LogP contribution in [0.2, 0.25) is 0 Å². The van der Waals surface area contributed by atoms with Gasteiger partial charge in [-0.15, -0.1) is 0 Å². The van der Waals surface area contributed by atoms with Crippen LogP contribution in [0, 0.1) is 17.6 Å². The number of nitrogens with zero attached hydrogens (tertiary/aromatic N) is 1. The summed E-state index contributed by atoms with van der Waals surface area (Å²) in [5.74, 6) is -1.37. The van der Waals surface area contributed by atoms with Crippen LogP contribution in [0.15, 0.2) is 23.1 Å². The first-order valence-corrected chi connectivity index (χ1v) is 9.40. The van der Waals surface area contributed by atoms with Gasteiger partial charge in [-0.1, -0.05) is 19.3 Å². The second-order valence-electron chi connectivity index (χ2n) is 6.39. The molecule has 4 nitrogen and oxygen atoms in total. The molecule has 0 heterocycles. The van der Waals surface area contributed by atoms with Crippen molar-refractivity contribution in [3.8, 4) is 0 Å². The molecule has 0 radical (unpaired) electrons. The largest absolute Gasteiger partial charge is 0.305 e. The molecule has 1 aliphatic rings. The first-order valence-electron chi connectivity index (χ1n) is 7.92. The van der Waals surface area contributed by atoms with Gasteiger partial charge in [0.1, 0.15) is 11.6 Å². The Labute approximate surface area is 136 Å². The molecular weight excluding hydrogens is 322 g/mol. The van der Waals surface area contributed by atoms with Crippen molar-refractivity contribution in [3.05, 3.63) is 29.8 Å². The van der Waals surface area contributed by atoms with Crippen LogP contribution in [0.3, 0.4) is 0 Å². The fourth-order valence-electron chi connectivity index (χ4n) is 3.25. The number of sulfonamides is 1. The predicted octanol–water partition coefficient (Wildman–Crippen LogP) is 2.75. The highest BCUT2D eigenvalue weighted by Crippen LogP contribution is 2.28. The van der Waals surface area contributed by atoms with Crippen molar-refractivity contribution in [1.82, 2.24) is 9.62 Å². The van der Waals surface area contributed by atoms with Crippen molar-refractivity contribution in [2.75, 3.05) is 20.6 Å². The van der Waals surface area contributed by atoms with E-state index in [2.05, 4.69) is 4.72 Å². The Morgan fingerprint density at radius 2 is 1.70 bits per heavy atom. The Morgan fingerprint density at radius 1 is 1.13 bits per heavy atom. The minimum Gasteiger partial charge on any atom is -0.305 e. The molecule has 130 valence electrons. The molecule has 1 N–H and O–H groups in total. The number of benzene rings is 1. The van der Waals surface area contributed by atoms with Crippen LogP contribution in [0.1, 0.15) is 32.1 Å². The molecule has 1 aromatic rings. The van der Waals surface area contributed by atoms with Gasteiger partial charge in [0.25, 0.3) is 0 Å². The zero-order chi connectivity index (χ0) is 17.0. The summed E-state index contributed by atoms with van der Waals surface area (Å²) in [6, 6.07) is 2.39. The van der Waals surface area contributed by atoms with Crippen LogP contribution in [0.25, 0.3) is 0 Å². The molecule has 0 spiro atoms. The monoisotopic (exact) mass is 346 g/mol. The van der Waals surface area contributed by atoms with Crippen LogP contribution in [-0.2, 0) is 10.0 Å². The zero-order valence-corrected chi connectivity index (χ0v) is 14.4. The average molecular weight is 346 g/mol. The summed E-state index contributed by atoms with van der Waals surface area (Å²) < 4.78 is 53.5. The lowest BCUT2D eigenvalue weighted by molar-refractivity contribution is 0.172. The van der Waals surface area contributed by atoms with E-state index in [0.29, 0.717) is 12.0 Å². The molecule has 0 aliphatic heterocycles. The van der Waals surface area contributed by atoms with Gasteiger partial charge in [0.2, 0.25) is 10.0 Å². The minimum absolute atomic E-state index is 0.0727. The summed E-state index contributed by atoms with van der Waals surface area (Å²) in [5.41, 5.74) is 0. The van der Waals surface area contributed by atoms with Gasteiger partial charge in [-0.05, 0) is 45.0 Å². The van der Waals surface area contributed by atoms with Gasteiger partial charge in [-0.2, -0.15) is 0 Å². The number of rotatable bonds is 6. The van der Waals surface area contributed by atoms with E-state index in [9.17, 15) is 17.2 Å². The summed E-state index contributed by atoms with van der Waals surface area (Å²) in [5, 5.41) is 0. The van der Waals surface area contributed by atoms with Gasteiger partial charge in [-0.3, -0.25) is 0 Å². The van der Waals surface area contributed by atoms with Gasteiger partial charge in [0.05, 0.1) is 4.90 Å². The summed E-state index contributed by atoms with van der Waals surface area (Å²) in [7, 11) is -0.0772. The first-order chi connectivity index (χ1) is 10.8. The van der Waals surface area contributed by atoms with Crippen LogP contribution >= 0.6 is 0 Å². The average Bonchev–Trinajstić information content (AvgIpc) is 2.47. The molecule has 1 atom stereocenters. The lowest BCUT2D eigenvalue weighted by Crippen LogP contribution is -2.45. The molecule has 2 rings (SSSR count). The van der Waals surface area contributed by atoms with E-state index >= 15 is 0 Å². The molecule has 0 bridgehead atoms. The second-order valence-corrected chi connectivity index (χ2v) is 8.15. The Balaban J connectivity index is 2.09. The molecule has 1 aromatic carbocycles. The Bertz CT molecular complexity index is 609. The van der Waals surface area contributed by atoms with E-state index in [4.69, 9.17) is 0 Å². The lowest BCUT2D eigenvalue weighted by Gasteiger charge is -2.34. The third-order valence-corrected chi connectivity index (χ3v) is 5.89. The quantitative estimate of drug-likeness (QED) is 0.862. The van der Waals surface area contributed by atoms with E-state index in [1.165, 1.54) is 6.42 Å². The predicted molar refractivity (Wildman–Crippen MR) is 85.6 cm³/mol. The highest BCUT2D eigenvalue weighted by molar-refractivity contribution is 7.89. The third kappa shape index (κ3) is 4.96. The lowest BCUT2D eigenvalue weighted by atomic mass is 9.83. The van der Waals surface area contributed by atoms with Crippen molar-refractivity contribution in [3.63, 3.8) is 0 Å².